The van der Waals surface area contributed by atoms with Crippen molar-refractivity contribution in [2.24, 2.45) is 0 Å². The van der Waals surface area contributed by atoms with Crippen LogP contribution in [0.15, 0.2) is 67.1 Å². The van der Waals surface area contributed by atoms with Gasteiger partial charge in [0.15, 0.2) is 12.3 Å². The van der Waals surface area contributed by atoms with Gasteiger partial charge in [-0.1, -0.05) is 36.4 Å². The van der Waals surface area contributed by atoms with Crippen molar-refractivity contribution in [2.45, 2.75) is 6.54 Å². The van der Waals surface area contributed by atoms with E-state index in [4.69, 9.17) is 4.74 Å². The van der Waals surface area contributed by atoms with Crippen molar-refractivity contribution in [3.63, 3.8) is 0 Å². The molecule has 0 unspecified atom stereocenters. The molecule has 0 aliphatic carbocycles. The van der Waals surface area contributed by atoms with Gasteiger partial charge in [-0.05, 0) is 18.2 Å². The second-order valence-electron chi connectivity index (χ2n) is 5.43. The van der Waals surface area contributed by atoms with E-state index in [0.29, 0.717) is 5.56 Å². The summed E-state index contributed by atoms with van der Waals surface area (Å²) in [5.41, 5.74) is 1.31. The van der Waals surface area contributed by atoms with Crippen LogP contribution in [0.2, 0.25) is 0 Å². The normalized spacial score (nSPS) is 10.3. The van der Waals surface area contributed by atoms with Gasteiger partial charge in [0.1, 0.15) is 5.82 Å². The Morgan fingerprint density at radius 1 is 1.08 bits per heavy atom. The van der Waals surface area contributed by atoms with Gasteiger partial charge < -0.3 is 10.1 Å². The maximum absolute atomic E-state index is 13.5. The van der Waals surface area contributed by atoms with Crippen molar-refractivity contribution in [3.8, 4) is 5.69 Å². The summed E-state index contributed by atoms with van der Waals surface area (Å²) in [4.78, 5) is 28.0. The molecule has 1 amide bonds. The summed E-state index contributed by atoms with van der Waals surface area (Å²) in [7, 11) is 0. The molecule has 0 aliphatic rings. The first-order valence-electron chi connectivity index (χ1n) is 7.90. The third-order valence-electron chi connectivity index (χ3n) is 3.65. The molecule has 26 heavy (non-hydrogen) atoms. The van der Waals surface area contributed by atoms with Crippen LogP contribution in [0, 0.1) is 5.82 Å². The minimum Gasteiger partial charge on any atom is -0.451 e. The lowest BCUT2D eigenvalue weighted by molar-refractivity contribution is -0.124. The number of nitrogens with zero attached hydrogens (tertiary/aromatic N) is 2. The minimum absolute atomic E-state index is 0.0189. The largest absolute Gasteiger partial charge is 0.451 e. The summed E-state index contributed by atoms with van der Waals surface area (Å²) in [6.07, 6.45) is 2.86. The number of benzene rings is 2. The highest BCUT2D eigenvalue weighted by Gasteiger charge is 2.16. The molecule has 6 nitrogen and oxygen atoms in total. The van der Waals surface area contributed by atoms with Gasteiger partial charge in [0.05, 0.1) is 12.5 Å². The van der Waals surface area contributed by atoms with Crippen LogP contribution in [0.4, 0.5) is 4.39 Å². The van der Waals surface area contributed by atoms with E-state index < -0.39 is 24.3 Å². The summed E-state index contributed by atoms with van der Waals surface area (Å²) >= 11 is 0. The molecule has 0 radical (unpaired) electrons. The molecule has 2 aromatic carbocycles. The molecule has 7 heteroatoms. The van der Waals surface area contributed by atoms with E-state index in [2.05, 4.69) is 10.3 Å². The second kappa shape index (κ2) is 8.06. The van der Waals surface area contributed by atoms with Crippen molar-refractivity contribution in [3.05, 3.63) is 84.2 Å². The molecule has 0 spiro atoms. The molecule has 0 saturated carbocycles. The second-order valence-corrected chi connectivity index (χ2v) is 5.43. The zero-order valence-corrected chi connectivity index (χ0v) is 13.8. The Morgan fingerprint density at radius 2 is 1.81 bits per heavy atom. The molecule has 0 atom stereocenters. The fourth-order valence-electron chi connectivity index (χ4n) is 2.33. The van der Waals surface area contributed by atoms with Crippen LogP contribution in [-0.4, -0.2) is 28.0 Å². The number of nitrogens with one attached hydrogen (secondary N) is 1. The SMILES string of the molecule is O=C(COC(=O)c1cncn1-c1ccccc1)NCc1ccccc1F. The molecule has 1 N–H and O–H groups in total. The number of amides is 1. The zero-order valence-electron chi connectivity index (χ0n) is 13.8. The fraction of sp³-hybridized carbons (Fsp3) is 0.105. The standard InChI is InChI=1S/C19H16FN3O3/c20-16-9-5-4-6-14(16)10-22-18(24)12-26-19(25)17-11-21-13-23(17)15-7-2-1-3-8-15/h1-9,11,13H,10,12H2,(H,22,24). The Kier molecular flexibility index (Phi) is 5.38. The van der Waals surface area contributed by atoms with Crippen LogP contribution in [0.5, 0.6) is 0 Å². The van der Waals surface area contributed by atoms with E-state index in [1.54, 1.807) is 22.8 Å². The van der Waals surface area contributed by atoms with Gasteiger partial charge >= 0.3 is 5.97 Å². The van der Waals surface area contributed by atoms with Crippen molar-refractivity contribution in [1.82, 2.24) is 14.9 Å². The number of halogens is 1. The average molecular weight is 353 g/mol. The van der Waals surface area contributed by atoms with Crippen LogP contribution in [0.25, 0.3) is 5.69 Å². The quantitative estimate of drug-likeness (QED) is 0.691. The van der Waals surface area contributed by atoms with Gasteiger partial charge in [-0.25, -0.2) is 14.2 Å². The number of carbonyl (C=O) groups is 2. The number of ether oxygens (including phenoxy) is 1. The molecule has 3 aromatic rings. The molecule has 0 saturated heterocycles. The number of para-hydroxylation sites is 1. The van der Waals surface area contributed by atoms with Crippen LogP contribution < -0.4 is 5.32 Å². The van der Waals surface area contributed by atoms with E-state index in [-0.39, 0.29) is 12.2 Å². The molecular formula is C19H16FN3O3. The highest BCUT2D eigenvalue weighted by molar-refractivity contribution is 5.90. The predicted molar refractivity (Wildman–Crippen MR) is 92.1 cm³/mol. The summed E-state index contributed by atoms with van der Waals surface area (Å²) in [5.74, 6) is -1.60. The number of esters is 1. The Morgan fingerprint density at radius 3 is 2.58 bits per heavy atom. The van der Waals surface area contributed by atoms with Gasteiger partial charge in [-0.2, -0.15) is 0 Å². The van der Waals surface area contributed by atoms with Gasteiger partial charge in [0, 0.05) is 17.8 Å². The number of imidazole rings is 1. The van der Waals surface area contributed by atoms with E-state index >= 15 is 0 Å². The molecule has 0 aliphatic heterocycles. The van der Waals surface area contributed by atoms with Crippen LogP contribution in [-0.2, 0) is 16.1 Å². The Bertz CT molecular complexity index is 909. The summed E-state index contributed by atoms with van der Waals surface area (Å²) in [6, 6.07) is 15.3. The first-order valence-corrected chi connectivity index (χ1v) is 7.90. The monoisotopic (exact) mass is 353 g/mol. The maximum Gasteiger partial charge on any atom is 0.357 e. The lowest BCUT2D eigenvalue weighted by Gasteiger charge is -2.09. The lowest BCUT2D eigenvalue weighted by Crippen LogP contribution is -2.29. The van der Waals surface area contributed by atoms with Gasteiger partial charge in [0.2, 0.25) is 0 Å². The topological polar surface area (TPSA) is 73.2 Å². The number of hydrogen-bond acceptors (Lipinski definition) is 4. The zero-order chi connectivity index (χ0) is 18.4. The smallest absolute Gasteiger partial charge is 0.357 e. The predicted octanol–water partition coefficient (Wildman–Crippen LogP) is 2.48. The molecule has 3 rings (SSSR count). The number of aromatic nitrogens is 2. The highest BCUT2D eigenvalue weighted by Crippen LogP contribution is 2.11. The van der Waals surface area contributed by atoms with Crippen LogP contribution >= 0.6 is 0 Å². The third-order valence-corrected chi connectivity index (χ3v) is 3.65. The number of carbonyl (C=O) groups excluding carboxylic acids is 2. The molecule has 0 bridgehead atoms. The Balaban J connectivity index is 1.56. The summed E-state index contributed by atoms with van der Waals surface area (Å²) in [6.45, 7) is -0.446. The van der Waals surface area contributed by atoms with E-state index in [9.17, 15) is 14.0 Å². The Hall–Kier alpha value is -3.48. The van der Waals surface area contributed by atoms with Crippen molar-refractivity contribution in [1.29, 1.82) is 0 Å². The highest BCUT2D eigenvalue weighted by atomic mass is 19.1. The van der Waals surface area contributed by atoms with Crippen molar-refractivity contribution >= 4 is 11.9 Å². The lowest BCUT2D eigenvalue weighted by atomic mass is 10.2. The molecule has 1 aromatic heterocycles. The average Bonchev–Trinajstić information content (AvgIpc) is 3.16. The summed E-state index contributed by atoms with van der Waals surface area (Å²) in [5, 5.41) is 2.51. The Labute approximate surface area is 149 Å². The van der Waals surface area contributed by atoms with Crippen LogP contribution in [0.1, 0.15) is 16.1 Å². The van der Waals surface area contributed by atoms with E-state index in [0.717, 1.165) is 5.69 Å². The van der Waals surface area contributed by atoms with Crippen LogP contribution in [0.3, 0.4) is 0 Å². The fourth-order valence-corrected chi connectivity index (χ4v) is 2.33. The summed E-state index contributed by atoms with van der Waals surface area (Å²) < 4.78 is 20.1. The van der Waals surface area contributed by atoms with Gasteiger partial charge in [0.25, 0.3) is 5.91 Å². The minimum atomic E-state index is -0.674. The third kappa shape index (κ3) is 4.13. The molecular weight excluding hydrogens is 337 g/mol. The van der Waals surface area contributed by atoms with E-state index in [1.165, 1.54) is 18.6 Å². The van der Waals surface area contributed by atoms with E-state index in [1.807, 2.05) is 30.3 Å². The number of hydrogen-bond donors (Lipinski definition) is 1. The molecule has 132 valence electrons. The first kappa shape index (κ1) is 17.3. The van der Waals surface area contributed by atoms with Crippen molar-refractivity contribution in [2.75, 3.05) is 6.61 Å². The maximum atomic E-state index is 13.5. The van der Waals surface area contributed by atoms with Crippen molar-refractivity contribution < 1.29 is 18.7 Å². The molecule has 1 heterocycles. The van der Waals surface area contributed by atoms with Gasteiger partial charge in [-0.15, -0.1) is 0 Å². The molecule has 0 fully saturated rings. The number of rotatable bonds is 6. The first-order chi connectivity index (χ1) is 12.6. The van der Waals surface area contributed by atoms with Gasteiger partial charge in [-0.3, -0.25) is 9.36 Å².